The quantitative estimate of drug-likeness (QED) is 0.335. The summed E-state index contributed by atoms with van der Waals surface area (Å²) in [7, 11) is 3.42. The lowest BCUT2D eigenvalue weighted by Gasteiger charge is -2.14. The van der Waals surface area contributed by atoms with Crippen LogP contribution >= 0.6 is 35.6 Å². The zero-order valence-corrected chi connectivity index (χ0v) is 19.8. The molecule has 0 saturated heterocycles. The highest BCUT2D eigenvalue weighted by Crippen LogP contribution is 2.37. The van der Waals surface area contributed by atoms with Crippen LogP contribution < -0.4 is 24.8 Å². The number of nitrogens with one attached hydrogen (secondary N) is 2. The summed E-state index contributed by atoms with van der Waals surface area (Å²) in [6.07, 6.45) is 1.74. The van der Waals surface area contributed by atoms with E-state index in [4.69, 9.17) is 25.8 Å². The van der Waals surface area contributed by atoms with Crippen LogP contribution in [0.1, 0.15) is 17.5 Å². The van der Waals surface area contributed by atoms with E-state index in [1.54, 1.807) is 14.2 Å². The third-order valence-corrected chi connectivity index (χ3v) is 4.69. The van der Waals surface area contributed by atoms with Gasteiger partial charge in [0.2, 0.25) is 0 Å². The number of methoxy groups -OCH3 is 1. The van der Waals surface area contributed by atoms with E-state index in [9.17, 15) is 0 Å². The van der Waals surface area contributed by atoms with Crippen LogP contribution in [0.5, 0.6) is 17.2 Å². The normalized spacial score (nSPS) is 13.1. The van der Waals surface area contributed by atoms with Gasteiger partial charge < -0.3 is 24.8 Å². The van der Waals surface area contributed by atoms with Crippen molar-refractivity contribution >= 4 is 41.5 Å². The first-order chi connectivity index (χ1) is 13.7. The molecule has 0 aromatic heterocycles. The van der Waals surface area contributed by atoms with Crippen LogP contribution in [-0.4, -0.2) is 39.9 Å². The Kier molecular flexibility index (Phi) is 9.66. The Morgan fingerprint density at radius 1 is 1.10 bits per heavy atom. The van der Waals surface area contributed by atoms with Gasteiger partial charge in [0, 0.05) is 26.6 Å². The van der Waals surface area contributed by atoms with Crippen molar-refractivity contribution in [1.82, 2.24) is 10.6 Å². The van der Waals surface area contributed by atoms with E-state index in [0.29, 0.717) is 36.3 Å². The summed E-state index contributed by atoms with van der Waals surface area (Å²) in [6.45, 7) is 2.61. The molecule has 29 heavy (non-hydrogen) atoms. The average molecular weight is 532 g/mol. The van der Waals surface area contributed by atoms with Gasteiger partial charge in [-0.05, 0) is 41.8 Å². The van der Waals surface area contributed by atoms with Gasteiger partial charge in [-0.2, -0.15) is 0 Å². The molecule has 0 amide bonds. The molecule has 3 rings (SSSR count). The van der Waals surface area contributed by atoms with Crippen LogP contribution in [0.3, 0.4) is 0 Å². The lowest BCUT2D eigenvalue weighted by atomic mass is 10.1. The Hall–Kier alpha value is -1.87. The number of guanidine groups is 1. The van der Waals surface area contributed by atoms with Gasteiger partial charge in [-0.1, -0.05) is 23.7 Å². The van der Waals surface area contributed by atoms with Crippen LogP contribution in [0.15, 0.2) is 41.4 Å². The van der Waals surface area contributed by atoms with Crippen molar-refractivity contribution in [3.05, 3.63) is 52.5 Å². The Morgan fingerprint density at radius 2 is 1.86 bits per heavy atom. The molecule has 0 radical (unpaired) electrons. The number of nitrogens with zero attached hydrogens (tertiary/aromatic N) is 1. The molecular formula is C21H27ClIN3O3. The summed E-state index contributed by atoms with van der Waals surface area (Å²) in [6, 6.07) is 11.9. The first kappa shape index (κ1) is 23.4. The minimum Gasteiger partial charge on any atom is -0.497 e. The molecule has 0 saturated carbocycles. The van der Waals surface area contributed by atoms with E-state index in [1.165, 1.54) is 5.56 Å². The van der Waals surface area contributed by atoms with Crippen molar-refractivity contribution in [1.29, 1.82) is 0 Å². The topological polar surface area (TPSA) is 64.1 Å². The number of benzene rings is 2. The third-order valence-electron chi connectivity index (χ3n) is 4.41. The Bertz CT molecular complexity index is 816. The number of halogens is 2. The molecule has 158 valence electrons. The molecule has 0 spiro atoms. The van der Waals surface area contributed by atoms with Crippen LogP contribution in [0.4, 0.5) is 0 Å². The molecule has 0 fully saturated rings. The highest BCUT2D eigenvalue weighted by Gasteiger charge is 2.15. The maximum absolute atomic E-state index is 6.35. The summed E-state index contributed by atoms with van der Waals surface area (Å²) in [5.41, 5.74) is 2.24. The van der Waals surface area contributed by atoms with Crippen LogP contribution in [-0.2, 0) is 13.0 Å². The van der Waals surface area contributed by atoms with Gasteiger partial charge >= 0.3 is 0 Å². The SMILES string of the molecule is CN=C(NCCc1ccc(OC)cc1)NCc1cc(Cl)c2c(c1)OCCCO2.I. The second-order valence-corrected chi connectivity index (χ2v) is 6.81. The fourth-order valence-corrected chi connectivity index (χ4v) is 3.20. The number of hydrogen-bond acceptors (Lipinski definition) is 4. The molecule has 0 aliphatic carbocycles. The fraction of sp³-hybridized carbons (Fsp3) is 0.381. The summed E-state index contributed by atoms with van der Waals surface area (Å²) < 4.78 is 16.6. The summed E-state index contributed by atoms with van der Waals surface area (Å²) >= 11 is 6.35. The zero-order chi connectivity index (χ0) is 19.8. The van der Waals surface area contributed by atoms with Crippen molar-refractivity contribution in [2.24, 2.45) is 4.99 Å². The van der Waals surface area contributed by atoms with Gasteiger partial charge in [0.25, 0.3) is 0 Å². The van der Waals surface area contributed by atoms with E-state index in [-0.39, 0.29) is 24.0 Å². The van der Waals surface area contributed by atoms with Gasteiger partial charge in [0.05, 0.1) is 25.3 Å². The van der Waals surface area contributed by atoms with Crippen molar-refractivity contribution in [2.75, 3.05) is 33.9 Å². The maximum Gasteiger partial charge on any atom is 0.191 e. The number of hydrogen-bond donors (Lipinski definition) is 2. The van der Waals surface area contributed by atoms with Gasteiger partial charge in [0.1, 0.15) is 5.75 Å². The first-order valence-electron chi connectivity index (χ1n) is 9.35. The fourth-order valence-electron chi connectivity index (χ4n) is 2.91. The average Bonchev–Trinajstić information content (AvgIpc) is 2.97. The zero-order valence-electron chi connectivity index (χ0n) is 16.7. The number of rotatable bonds is 6. The lowest BCUT2D eigenvalue weighted by molar-refractivity contribution is 0.297. The van der Waals surface area contributed by atoms with Crippen molar-refractivity contribution < 1.29 is 14.2 Å². The molecule has 0 unspecified atom stereocenters. The molecule has 2 N–H and O–H groups in total. The number of aliphatic imine (C=N–C) groups is 1. The van der Waals surface area contributed by atoms with Crippen molar-refractivity contribution in [2.45, 2.75) is 19.4 Å². The molecule has 1 aliphatic rings. The van der Waals surface area contributed by atoms with E-state index in [0.717, 1.165) is 36.7 Å². The summed E-state index contributed by atoms with van der Waals surface area (Å²) in [4.78, 5) is 4.27. The highest BCUT2D eigenvalue weighted by molar-refractivity contribution is 14.0. The van der Waals surface area contributed by atoms with Gasteiger partial charge in [-0.3, -0.25) is 4.99 Å². The standard InChI is InChI=1S/C21H26ClN3O3.HI/c1-23-21(24-9-8-15-4-6-17(26-2)7-5-15)25-14-16-12-18(22)20-19(13-16)27-10-3-11-28-20;/h4-7,12-13H,3,8-11,14H2,1-2H3,(H2,23,24,25);1H. The molecule has 6 nitrogen and oxygen atoms in total. The van der Waals surface area contributed by atoms with Crippen LogP contribution in [0.2, 0.25) is 5.02 Å². The molecule has 0 bridgehead atoms. The second-order valence-electron chi connectivity index (χ2n) is 6.41. The van der Waals surface area contributed by atoms with Crippen LogP contribution in [0, 0.1) is 0 Å². The predicted octanol–water partition coefficient (Wildman–Crippen LogP) is 4.04. The lowest BCUT2D eigenvalue weighted by Crippen LogP contribution is -2.37. The number of ether oxygens (including phenoxy) is 3. The second kappa shape index (κ2) is 12.0. The predicted molar refractivity (Wildman–Crippen MR) is 127 cm³/mol. The van der Waals surface area contributed by atoms with Gasteiger partial charge in [-0.25, -0.2) is 0 Å². The molecule has 2 aromatic carbocycles. The summed E-state index contributed by atoms with van der Waals surface area (Å²) in [5, 5.41) is 7.19. The minimum absolute atomic E-state index is 0. The van der Waals surface area contributed by atoms with E-state index in [2.05, 4.69) is 27.8 Å². The van der Waals surface area contributed by atoms with E-state index < -0.39 is 0 Å². The molecule has 1 aliphatic heterocycles. The van der Waals surface area contributed by atoms with Gasteiger partial charge in [0.15, 0.2) is 17.5 Å². The first-order valence-corrected chi connectivity index (χ1v) is 9.73. The van der Waals surface area contributed by atoms with Crippen molar-refractivity contribution in [3.8, 4) is 17.2 Å². The largest absolute Gasteiger partial charge is 0.497 e. The van der Waals surface area contributed by atoms with Gasteiger partial charge in [-0.15, -0.1) is 24.0 Å². The van der Waals surface area contributed by atoms with E-state index in [1.807, 2.05) is 24.3 Å². The Balaban J connectivity index is 0.00000300. The monoisotopic (exact) mass is 531 g/mol. The third kappa shape index (κ3) is 6.85. The molecular weight excluding hydrogens is 505 g/mol. The van der Waals surface area contributed by atoms with Crippen LogP contribution in [0.25, 0.3) is 0 Å². The number of fused-ring (bicyclic) bond motifs is 1. The minimum atomic E-state index is 0. The molecule has 1 heterocycles. The molecule has 8 heteroatoms. The van der Waals surface area contributed by atoms with Crippen molar-refractivity contribution in [3.63, 3.8) is 0 Å². The highest BCUT2D eigenvalue weighted by atomic mass is 127. The molecule has 2 aromatic rings. The summed E-state index contributed by atoms with van der Waals surface area (Å²) in [5.74, 6) is 2.92. The Morgan fingerprint density at radius 3 is 2.59 bits per heavy atom. The maximum atomic E-state index is 6.35. The Labute approximate surface area is 194 Å². The molecule has 0 atom stereocenters. The van der Waals surface area contributed by atoms with E-state index >= 15 is 0 Å². The smallest absolute Gasteiger partial charge is 0.191 e.